The van der Waals surface area contributed by atoms with Crippen LogP contribution < -0.4 is 0 Å². The molecule has 1 aliphatic carbocycles. The second kappa shape index (κ2) is 9.84. The summed E-state index contributed by atoms with van der Waals surface area (Å²) in [4.78, 5) is 15.1. The fourth-order valence-electron chi connectivity index (χ4n) is 3.88. The van der Waals surface area contributed by atoms with Crippen LogP contribution in [0.1, 0.15) is 52.2 Å². The first-order valence-corrected chi connectivity index (χ1v) is 11.3. The SMILES string of the molecule is O=C(c1cc(Cl)cc(Cl)c1)N(CCc1ccc(F)cc1)Cc1ccc(C2CCC2)cc1. The van der Waals surface area contributed by atoms with Gasteiger partial charge >= 0.3 is 0 Å². The number of carbonyl (C=O) groups is 1. The molecular formula is C26H24Cl2FNO. The minimum atomic E-state index is -0.267. The van der Waals surface area contributed by atoms with Crippen LogP contribution in [0.2, 0.25) is 10.0 Å². The Balaban J connectivity index is 1.53. The van der Waals surface area contributed by atoms with Crippen LogP contribution >= 0.6 is 23.2 Å². The molecule has 160 valence electrons. The van der Waals surface area contributed by atoms with Crippen molar-refractivity contribution in [2.75, 3.05) is 6.54 Å². The Bertz CT molecular complexity index is 1030. The van der Waals surface area contributed by atoms with E-state index in [1.165, 1.54) is 37.0 Å². The molecule has 0 heterocycles. The van der Waals surface area contributed by atoms with Gasteiger partial charge in [-0.05, 0) is 72.2 Å². The van der Waals surface area contributed by atoms with Crippen molar-refractivity contribution in [1.82, 2.24) is 4.90 Å². The molecule has 0 atom stereocenters. The first-order chi connectivity index (χ1) is 15.0. The van der Waals surface area contributed by atoms with E-state index in [1.54, 1.807) is 35.2 Å². The topological polar surface area (TPSA) is 20.3 Å². The molecule has 3 aromatic rings. The molecule has 0 unspecified atom stereocenters. The third kappa shape index (κ3) is 5.66. The number of hydrogen-bond acceptors (Lipinski definition) is 1. The molecule has 1 fully saturated rings. The minimum Gasteiger partial charge on any atom is -0.334 e. The van der Waals surface area contributed by atoms with Gasteiger partial charge in [-0.1, -0.05) is 66.0 Å². The van der Waals surface area contributed by atoms with Crippen molar-refractivity contribution in [1.29, 1.82) is 0 Å². The maximum Gasteiger partial charge on any atom is 0.254 e. The Morgan fingerprint density at radius 2 is 1.52 bits per heavy atom. The summed E-state index contributed by atoms with van der Waals surface area (Å²) in [6.45, 7) is 0.980. The molecule has 0 aromatic heterocycles. The van der Waals surface area contributed by atoms with Crippen molar-refractivity contribution in [2.24, 2.45) is 0 Å². The molecule has 3 aromatic carbocycles. The summed E-state index contributed by atoms with van der Waals surface area (Å²) in [6, 6.07) is 19.9. The highest BCUT2D eigenvalue weighted by Crippen LogP contribution is 2.36. The molecule has 4 rings (SSSR count). The van der Waals surface area contributed by atoms with Gasteiger partial charge in [0.25, 0.3) is 5.91 Å². The normalized spacial score (nSPS) is 13.6. The average Bonchev–Trinajstić information content (AvgIpc) is 2.71. The van der Waals surface area contributed by atoms with Crippen LogP contribution in [0, 0.1) is 5.82 Å². The standard InChI is InChI=1S/C26H24Cl2FNO/c27-23-14-22(15-24(28)16-23)26(31)30(13-12-18-6-10-25(29)11-7-18)17-19-4-8-21(9-5-19)20-2-1-3-20/h4-11,14-16,20H,1-3,12-13,17H2. The molecule has 1 saturated carbocycles. The fraction of sp³-hybridized carbons (Fsp3) is 0.269. The fourth-order valence-corrected chi connectivity index (χ4v) is 4.41. The lowest BCUT2D eigenvalue weighted by molar-refractivity contribution is 0.0745. The maximum atomic E-state index is 13.3. The molecule has 0 N–H and O–H groups in total. The largest absolute Gasteiger partial charge is 0.334 e. The number of benzene rings is 3. The van der Waals surface area contributed by atoms with Gasteiger partial charge in [-0.3, -0.25) is 4.79 Å². The first-order valence-electron chi connectivity index (χ1n) is 10.6. The van der Waals surface area contributed by atoms with Crippen molar-refractivity contribution in [2.45, 2.75) is 38.1 Å². The zero-order valence-corrected chi connectivity index (χ0v) is 18.7. The lowest BCUT2D eigenvalue weighted by Gasteiger charge is -2.27. The molecule has 0 radical (unpaired) electrons. The number of carbonyl (C=O) groups excluding carboxylic acids is 1. The van der Waals surface area contributed by atoms with Crippen LogP contribution in [-0.2, 0) is 13.0 Å². The third-order valence-electron chi connectivity index (χ3n) is 5.91. The van der Waals surface area contributed by atoms with Gasteiger partial charge in [0.15, 0.2) is 0 Å². The summed E-state index contributed by atoms with van der Waals surface area (Å²) in [5.41, 5.74) is 3.89. The summed E-state index contributed by atoms with van der Waals surface area (Å²) >= 11 is 12.2. The van der Waals surface area contributed by atoms with Gasteiger partial charge in [-0.15, -0.1) is 0 Å². The van der Waals surface area contributed by atoms with E-state index in [2.05, 4.69) is 24.3 Å². The van der Waals surface area contributed by atoms with Crippen LogP contribution in [0.4, 0.5) is 4.39 Å². The smallest absolute Gasteiger partial charge is 0.254 e. The molecule has 0 saturated heterocycles. The van der Waals surface area contributed by atoms with E-state index >= 15 is 0 Å². The van der Waals surface area contributed by atoms with Gasteiger partial charge in [0.2, 0.25) is 0 Å². The highest BCUT2D eigenvalue weighted by Gasteiger charge is 2.20. The molecule has 5 heteroatoms. The molecule has 2 nitrogen and oxygen atoms in total. The first kappa shape index (κ1) is 21.9. The summed E-state index contributed by atoms with van der Waals surface area (Å²) < 4.78 is 13.2. The summed E-state index contributed by atoms with van der Waals surface area (Å²) in [5, 5.41) is 0.860. The Hall–Kier alpha value is -2.36. The van der Waals surface area contributed by atoms with E-state index in [-0.39, 0.29) is 11.7 Å². The number of hydrogen-bond donors (Lipinski definition) is 0. The number of halogens is 3. The maximum absolute atomic E-state index is 13.3. The van der Waals surface area contributed by atoms with Crippen LogP contribution in [-0.4, -0.2) is 17.4 Å². The molecule has 1 amide bonds. The zero-order valence-electron chi connectivity index (χ0n) is 17.2. The van der Waals surface area contributed by atoms with Gasteiger partial charge in [-0.25, -0.2) is 4.39 Å². The number of amides is 1. The molecule has 0 bridgehead atoms. The minimum absolute atomic E-state index is 0.130. The molecule has 0 spiro atoms. The Morgan fingerprint density at radius 3 is 2.10 bits per heavy atom. The van der Waals surface area contributed by atoms with Crippen LogP contribution in [0.15, 0.2) is 66.7 Å². The van der Waals surface area contributed by atoms with E-state index in [4.69, 9.17) is 23.2 Å². The second-order valence-electron chi connectivity index (χ2n) is 8.13. The Labute approximate surface area is 192 Å². The summed E-state index contributed by atoms with van der Waals surface area (Å²) in [6.07, 6.45) is 4.45. The van der Waals surface area contributed by atoms with Gasteiger partial charge in [0.1, 0.15) is 5.82 Å². The van der Waals surface area contributed by atoms with Crippen molar-refractivity contribution in [3.8, 4) is 0 Å². The molecule has 31 heavy (non-hydrogen) atoms. The van der Waals surface area contributed by atoms with Gasteiger partial charge in [0.05, 0.1) is 0 Å². The Morgan fingerprint density at radius 1 is 0.903 bits per heavy atom. The van der Waals surface area contributed by atoms with Crippen LogP contribution in [0.25, 0.3) is 0 Å². The number of nitrogens with zero attached hydrogens (tertiary/aromatic N) is 1. The predicted molar refractivity (Wildman–Crippen MR) is 124 cm³/mol. The van der Waals surface area contributed by atoms with E-state index in [1.807, 2.05) is 0 Å². The number of rotatable bonds is 7. The van der Waals surface area contributed by atoms with Crippen molar-refractivity contribution >= 4 is 29.1 Å². The van der Waals surface area contributed by atoms with Crippen molar-refractivity contribution < 1.29 is 9.18 Å². The highest BCUT2D eigenvalue weighted by atomic mass is 35.5. The van der Waals surface area contributed by atoms with Crippen LogP contribution in [0.3, 0.4) is 0 Å². The van der Waals surface area contributed by atoms with E-state index in [0.717, 1.165) is 11.1 Å². The van der Waals surface area contributed by atoms with Crippen molar-refractivity contribution in [3.63, 3.8) is 0 Å². The van der Waals surface area contributed by atoms with Crippen molar-refractivity contribution in [3.05, 3.63) is 105 Å². The monoisotopic (exact) mass is 455 g/mol. The molecule has 1 aliphatic rings. The zero-order chi connectivity index (χ0) is 21.8. The van der Waals surface area contributed by atoms with E-state index in [0.29, 0.717) is 41.0 Å². The van der Waals surface area contributed by atoms with Gasteiger partial charge in [0, 0.05) is 28.7 Å². The predicted octanol–water partition coefficient (Wildman–Crippen LogP) is 7.29. The molecular weight excluding hydrogens is 432 g/mol. The van der Waals surface area contributed by atoms with Crippen LogP contribution in [0.5, 0.6) is 0 Å². The third-order valence-corrected chi connectivity index (χ3v) is 6.35. The summed E-state index contributed by atoms with van der Waals surface area (Å²) in [7, 11) is 0. The lowest BCUT2D eigenvalue weighted by Crippen LogP contribution is -2.32. The quantitative estimate of drug-likeness (QED) is 0.366. The molecule has 0 aliphatic heterocycles. The second-order valence-corrected chi connectivity index (χ2v) is 9.00. The van der Waals surface area contributed by atoms with Gasteiger partial charge < -0.3 is 4.90 Å². The van der Waals surface area contributed by atoms with E-state index < -0.39 is 0 Å². The van der Waals surface area contributed by atoms with Gasteiger partial charge in [-0.2, -0.15) is 0 Å². The lowest BCUT2D eigenvalue weighted by atomic mass is 9.80. The summed E-state index contributed by atoms with van der Waals surface area (Å²) in [5.74, 6) is 0.283. The van der Waals surface area contributed by atoms with E-state index in [9.17, 15) is 9.18 Å². The highest BCUT2D eigenvalue weighted by molar-refractivity contribution is 6.35. The average molecular weight is 456 g/mol. The Kier molecular flexibility index (Phi) is 6.94.